The highest BCUT2D eigenvalue weighted by Crippen LogP contribution is 2.30. The van der Waals surface area contributed by atoms with Crippen molar-refractivity contribution in [1.29, 1.82) is 0 Å². The normalized spacial score (nSPS) is 12.9. The molecule has 0 saturated carbocycles. The Morgan fingerprint density at radius 2 is 2.04 bits per heavy atom. The number of H-pyrrole nitrogens is 1. The van der Waals surface area contributed by atoms with E-state index in [1.807, 2.05) is 48.7 Å². The Balaban J connectivity index is 1.66. The van der Waals surface area contributed by atoms with Crippen LogP contribution in [0.5, 0.6) is 0 Å². The molecule has 4 rings (SSSR count). The quantitative estimate of drug-likeness (QED) is 0.229. The lowest BCUT2D eigenvalue weighted by Gasteiger charge is -2.19. The molecular weight excluding hydrogens is 378 g/mol. The van der Waals surface area contributed by atoms with Crippen molar-refractivity contribution in [2.24, 2.45) is 4.99 Å². The molecule has 3 N–H and O–H groups in total. The predicted octanol–water partition coefficient (Wildman–Crippen LogP) is 4.35. The summed E-state index contributed by atoms with van der Waals surface area (Å²) >= 11 is 6.02. The van der Waals surface area contributed by atoms with Gasteiger partial charge in [-0.25, -0.2) is 19.9 Å². The first-order valence-corrected chi connectivity index (χ1v) is 9.61. The summed E-state index contributed by atoms with van der Waals surface area (Å²) in [6, 6.07) is 11.7. The second-order valence-electron chi connectivity index (χ2n) is 5.79. The second kappa shape index (κ2) is 7.77. The van der Waals surface area contributed by atoms with Crippen LogP contribution in [-0.2, 0) is 0 Å². The summed E-state index contributed by atoms with van der Waals surface area (Å²) in [6.45, 7) is 2.02. The molecule has 0 saturated heterocycles. The molecule has 136 valence electrons. The van der Waals surface area contributed by atoms with E-state index in [2.05, 4.69) is 43.2 Å². The SMILES string of the molecule is CC(Nc1ncnc2nc[nH]c12)C(=Nc1sccc1S)Nc1ccccc1. The third-order valence-corrected chi connectivity index (χ3v) is 5.20. The van der Waals surface area contributed by atoms with Gasteiger partial charge in [-0.15, -0.1) is 24.0 Å². The molecule has 0 fully saturated rings. The number of thiol groups is 1. The Labute approximate surface area is 165 Å². The Morgan fingerprint density at radius 1 is 1.19 bits per heavy atom. The number of thiophene rings is 1. The first-order valence-electron chi connectivity index (χ1n) is 8.28. The minimum absolute atomic E-state index is 0.151. The first-order chi connectivity index (χ1) is 13.2. The lowest BCUT2D eigenvalue weighted by atomic mass is 10.2. The zero-order valence-corrected chi connectivity index (χ0v) is 16.1. The van der Waals surface area contributed by atoms with Crippen molar-refractivity contribution in [3.8, 4) is 0 Å². The predicted molar refractivity (Wildman–Crippen MR) is 113 cm³/mol. The molecule has 1 atom stereocenters. The van der Waals surface area contributed by atoms with Gasteiger partial charge in [0.1, 0.15) is 22.7 Å². The van der Waals surface area contributed by atoms with Crippen molar-refractivity contribution in [3.05, 3.63) is 54.4 Å². The number of para-hydroxylation sites is 1. The Hall–Kier alpha value is -2.91. The molecule has 1 aromatic carbocycles. The van der Waals surface area contributed by atoms with Gasteiger partial charge in [0.15, 0.2) is 11.5 Å². The Kier molecular flexibility index (Phi) is 5.03. The molecule has 27 heavy (non-hydrogen) atoms. The number of hydrogen-bond acceptors (Lipinski definition) is 7. The zero-order valence-electron chi connectivity index (χ0n) is 14.4. The third kappa shape index (κ3) is 3.93. The van der Waals surface area contributed by atoms with Crippen molar-refractivity contribution in [3.63, 3.8) is 0 Å². The molecule has 9 heteroatoms. The van der Waals surface area contributed by atoms with Gasteiger partial charge in [-0.3, -0.25) is 0 Å². The van der Waals surface area contributed by atoms with Gasteiger partial charge in [0.25, 0.3) is 0 Å². The fourth-order valence-corrected chi connectivity index (χ4v) is 3.59. The summed E-state index contributed by atoms with van der Waals surface area (Å²) in [5, 5.41) is 9.60. The highest BCUT2D eigenvalue weighted by atomic mass is 32.1. The fourth-order valence-electron chi connectivity index (χ4n) is 2.54. The van der Waals surface area contributed by atoms with E-state index in [0.29, 0.717) is 11.5 Å². The minimum Gasteiger partial charge on any atom is -0.359 e. The third-order valence-electron chi connectivity index (χ3n) is 3.88. The van der Waals surface area contributed by atoms with Gasteiger partial charge in [0.05, 0.1) is 12.4 Å². The number of benzene rings is 1. The number of amidine groups is 1. The molecule has 0 spiro atoms. The second-order valence-corrected chi connectivity index (χ2v) is 7.16. The first kappa shape index (κ1) is 17.5. The van der Waals surface area contributed by atoms with E-state index in [4.69, 9.17) is 4.99 Å². The highest BCUT2D eigenvalue weighted by molar-refractivity contribution is 7.80. The Bertz CT molecular complexity index is 1070. The summed E-state index contributed by atoms with van der Waals surface area (Å²) in [5.41, 5.74) is 2.33. The lowest BCUT2D eigenvalue weighted by Crippen LogP contribution is -2.32. The van der Waals surface area contributed by atoms with E-state index in [-0.39, 0.29) is 6.04 Å². The number of nitrogens with zero attached hydrogens (tertiary/aromatic N) is 4. The highest BCUT2D eigenvalue weighted by Gasteiger charge is 2.15. The van der Waals surface area contributed by atoms with Crippen LogP contribution in [0.3, 0.4) is 0 Å². The number of fused-ring (bicyclic) bond motifs is 1. The molecule has 1 unspecified atom stereocenters. The molecule has 0 radical (unpaired) electrons. The van der Waals surface area contributed by atoms with Gasteiger partial charge >= 0.3 is 0 Å². The van der Waals surface area contributed by atoms with Gasteiger partial charge in [0, 0.05) is 10.6 Å². The van der Waals surface area contributed by atoms with Crippen LogP contribution in [0.15, 0.2) is 64.3 Å². The van der Waals surface area contributed by atoms with Crippen molar-refractivity contribution in [2.45, 2.75) is 17.9 Å². The van der Waals surface area contributed by atoms with E-state index in [1.54, 1.807) is 17.7 Å². The van der Waals surface area contributed by atoms with E-state index >= 15 is 0 Å². The van der Waals surface area contributed by atoms with Crippen LogP contribution in [0, 0.1) is 0 Å². The average molecular weight is 396 g/mol. The molecule has 4 aromatic rings. The molecule has 0 aliphatic carbocycles. The smallest absolute Gasteiger partial charge is 0.182 e. The molecular formula is C18H17N7S2. The van der Waals surface area contributed by atoms with E-state index in [0.717, 1.165) is 26.9 Å². The monoisotopic (exact) mass is 395 g/mol. The molecule has 7 nitrogen and oxygen atoms in total. The standard InChI is InChI=1S/C18H17N7S2/c1-11(23-17-14-16(20-9-19-14)21-10-22-17)15(24-12-5-3-2-4-6-12)25-18-13(26)7-8-27-18/h2-11,26H,1H3,(H,24,25)(H2,19,20,21,22,23). The summed E-state index contributed by atoms with van der Waals surface area (Å²) in [6.07, 6.45) is 3.09. The maximum absolute atomic E-state index is 4.79. The Morgan fingerprint density at radius 3 is 2.81 bits per heavy atom. The molecule has 0 aliphatic heterocycles. The van der Waals surface area contributed by atoms with Crippen LogP contribution >= 0.6 is 24.0 Å². The van der Waals surface area contributed by atoms with Gasteiger partial charge in [0.2, 0.25) is 0 Å². The number of aromatic nitrogens is 4. The topological polar surface area (TPSA) is 90.9 Å². The van der Waals surface area contributed by atoms with E-state index in [9.17, 15) is 0 Å². The van der Waals surface area contributed by atoms with Gasteiger partial charge in [-0.2, -0.15) is 0 Å². The average Bonchev–Trinajstić information content (AvgIpc) is 3.32. The molecule has 3 aromatic heterocycles. The summed E-state index contributed by atoms with van der Waals surface area (Å²) in [4.78, 5) is 21.4. The molecule has 3 heterocycles. The molecule has 0 bridgehead atoms. The number of aliphatic imine (C=N–C) groups is 1. The number of nitrogens with one attached hydrogen (secondary N) is 3. The van der Waals surface area contributed by atoms with Crippen molar-refractivity contribution >= 4 is 57.5 Å². The molecule has 0 aliphatic rings. The maximum Gasteiger partial charge on any atom is 0.182 e. The van der Waals surface area contributed by atoms with Gasteiger partial charge in [-0.05, 0) is 30.5 Å². The number of hydrogen-bond donors (Lipinski definition) is 4. The molecule has 0 amide bonds. The number of anilines is 2. The zero-order chi connectivity index (χ0) is 18.6. The van der Waals surface area contributed by atoms with Crippen LogP contribution in [-0.4, -0.2) is 31.8 Å². The van der Waals surface area contributed by atoms with Crippen molar-refractivity contribution < 1.29 is 0 Å². The van der Waals surface area contributed by atoms with Crippen LogP contribution in [0.1, 0.15) is 6.92 Å². The van der Waals surface area contributed by atoms with Crippen LogP contribution in [0.25, 0.3) is 11.2 Å². The summed E-state index contributed by atoms with van der Waals surface area (Å²) in [5.74, 6) is 1.43. The van der Waals surface area contributed by atoms with Crippen LogP contribution in [0.2, 0.25) is 0 Å². The summed E-state index contributed by atoms with van der Waals surface area (Å²) in [7, 11) is 0. The summed E-state index contributed by atoms with van der Waals surface area (Å²) < 4.78 is 0. The van der Waals surface area contributed by atoms with Crippen LogP contribution < -0.4 is 10.6 Å². The largest absolute Gasteiger partial charge is 0.359 e. The van der Waals surface area contributed by atoms with Gasteiger partial charge in [-0.1, -0.05) is 18.2 Å². The fraction of sp³-hybridized carbons (Fsp3) is 0.111. The van der Waals surface area contributed by atoms with E-state index in [1.165, 1.54) is 6.33 Å². The number of imidazole rings is 1. The van der Waals surface area contributed by atoms with Crippen molar-refractivity contribution in [2.75, 3.05) is 10.6 Å². The van der Waals surface area contributed by atoms with Crippen LogP contribution in [0.4, 0.5) is 16.5 Å². The van der Waals surface area contributed by atoms with E-state index < -0.39 is 0 Å². The number of rotatable bonds is 5. The minimum atomic E-state index is -0.151. The van der Waals surface area contributed by atoms with Crippen molar-refractivity contribution in [1.82, 2.24) is 19.9 Å². The van der Waals surface area contributed by atoms with Gasteiger partial charge < -0.3 is 15.6 Å². The lowest BCUT2D eigenvalue weighted by molar-refractivity contribution is 1.02. The maximum atomic E-state index is 4.79. The number of aromatic amines is 1.